The van der Waals surface area contributed by atoms with Crippen LogP contribution in [0.3, 0.4) is 0 Å². The number of ether oxygens (including phenoxy) is 2. The molecule has 3 rings (SSSR count). The second-order valence-electron chi connectivity index (χ2n) is 6.17. The van der Waals surface area contributed by atoms with Gasteiger partial charge in [-0.25, -0.2) is 4.79 Å². The Kier molecular flexibility index (Phi) is 6.59. The average molecular weight is 379 g/mol. The van der Waals surface area contributed by atoms with Gasteiger partial charge in [-0.1, -0.05) is 60.7 Å². The van der Waals surface area contributed by atoms with Crippen molar-refractivity contribution >= 4 is 5.97 Å². The summed E-state index contributed by atoms with van der Waals surface area (Å²) in [6.45, 7) is 1.14. The summed E-state index contributed by atoms with van der Waals surface area (Å²) in [5.74, 6) is -1.38. The number of aromatic carboxylic acids is 1. The molecule has 0 fully saturated rings. The maximum absolute atomic E-state index is 12.2. The molecule has 6 nitrogen and oxygen atoms in total. The highest BCUT2D eigenvalue weighted by Gasteiger charge is 2.19. The molecule has 3 aromatic rings. The fraction of sp³-hybridized carbons (Fsp3) is 0.182. The third kappa shape index (κ3) is 5.08. The van der Waals surface area contributed by atoms with E-state index in [1.165, 1.54) is 16.8 Å². The number of rotatable bonds is 9. The number of carbonyl (C=O) groups is 1. The molecule has 2 aromatic carbocycles. The van der Waals surface area contributed by atoms with Crippen LogP contribution >= 0.6 is 0 Å². The highest BCUT2D eigenvalue weighted by Crippen LogP contribution is 2.16. The zero-order valence-electron chi connectivity index (χ0n) is 15.3. The molecule has 1 heterocycles. The topological polar surface area (TPSA) is 77.8 Å². The van der Waals surface area contributed by atoms with Crippen molar-refractivity contribution in [2.24, 2.45) is 0 Å². The second-order valence-corrected chi connectivity index (χ2v) is 6.17. The molecule has 0 aliphatic heterocycles. The van der Waals surface area contributed by atoms with Crippen molar-refractivity contribution in [2.75, 3.05) is 6.61 Å². The molecular formula is C22H21NO5. The molecule has 1 aromatic heterocycles. The molecule has 0 radical (unpaired) electrons. The van der Waals surface area contributed by atoms with Crippen LogP contribution < -0.4 is 10.2 Å². The van der Waals surface area contributed by atoms with Crippen molar-refractivity contribution in [2.45, 2.75) is 19.8 Å². The lowest BCUT2D eigenvalue weighted by Gasteiger charge is -2.15. The largest absolute Gasteiger partial charge is 0.482 e. The fourth-order valence-electron chi connectivity index (χ4n) is 2.76. The van der Waals surface area contributed by atoms with Gasteiger partial charge in [0.25, 0.3) is 0 Å². The van der Waals surface area contributed by atoms with E-state index in [4.69, 9.17) is 9.47 Å². The van der Waals surface area contributed by atoms with E-state index >= 15 is 0 Å². The van der Waals surface area contributed by atoms with E-state index in [2.05, 4.69) is 0 Å². The predicted molar refractivity (Wildman–Crippen MR) is 105 cm³/mol. The number of hydrogen-bond acceptors (Lipinski definition) is 4. The van der Waals surface area contributed by atoms with E-state index in [0.717, 1.165) is 11.1 Å². The van der Waals surface area contributed by atoms with Crippen LogP contribution in [0, 0.1) is 0 Å². The summed E-state index contributed by atoms with van der Waals surface area (Å²) in [5.41, 5.74) is 1.24. The first kappa shape index (κ1) is 19.4. The number of carboxylic acid groups (broad SMARTS) is 1. The minimum Gasteiger partial charge on any atom is -0.482 e. The van der Waals surface area contributed by atoms with Gasteiger partial charge < -0.3 is 19.1 Å². The SMILES string of the molecule is O=C(O)c1c(OCc2ccccc2)c(=O)ccn1CCOCc1ccccc1. The quantitative estimate of drug-likeness (QED) is 0.577. The van der Waals surface area contributed by atoms with Gasteiger partial charge in [-0.05, 0) is 11.1 Å². The third-order valence-corrected chi connectivity index (χ3v) is 4.15. The van der Waals surface area contributed by atoms with Crippen LogP contribution in [0.4, 0.5) is 0 Å². The van der Waals surface area contributed by atoms with Gasteiger partial charge in [0, 0.05) is 18.8 Å². The predicted octanol–water partition coefficient (Wildman–Crippen LogP) is 3.34. The van der Waals surface area contributed by atoms with Crippen molar-refractivity contribution in [3.05, 3.63) is 100.0 Å². The maximum atomic E-state index is 12.2. The smallest absolute Gasteiger partial charge is 0.356 e. The fourth-order valence-corrected chi connectivity index (χ4v) is 2.76. The minimum absolute atomic E-state index is 0.116. The Labute approximate surface area is 162 Å². The van der Waals surface area contributed by atoms with Crippen LogP contribution in [0.15, 0.2) is 77.7 Å². The molecule has 0 aliphatic rings. The number of benzene rings is 2. The van der Waals surface area contributed by atoms with Gasteiger partial charge in [-0.2, -0.15) is 0 Å². The summed E-state index contributed by atoms with van der Waals surface area (Å²) in [6.07, 6.45) is 1.45. The van der Waals surface area contributed by atoms with Gasteiger partial charge in [-0.3, -0.25) is 4.79 Å². The molecule has 0 spiro atoms. The van der Waals surface area contributed by atoms with E-state index in [-0.39, 0.29) is 24.6 Å². The van der Waals surface area contributed by atoms with Crippen molar-refractivity contribution in [3.63, 3.8) is 0 Å². The van der Waals surface area contributed by atoms with E-state index in [9.17, 15) is 14.7 Å². The van der Waals surface area contributed by atoms with Crippen molar-refractivity contribution < 1.29 is 19.4 Å². The van der Waals surface area contributed by atoms with Gasteiger partial charge in [-0.15, -0.1) is 0 Å². The van der Waals surface area contributed by atoms with Crippen molar-refractivity contribution in [3.8, 4) is 5.75 Å². The zero-order chi connectivity index (χ0) is 19.8. The van der Waals surface area contributed by atoms with Crippen LogP contribution in [0.5, 0.6) is 5.75 Å². The van der Waals surface area contributed by atoms with Gasteiger partial charge in [0.15, 0.2) is 11.4 Å². The Balaban J connectivity index is 1.70. The average Bonchev–Trinajstić information content (AvgIpc) is 2.72. The van der Waals surface area contributed by atoms with Crippen molar-refractivity contribution in [1.82, 2.24) is 4.57 Å². The summed E-state index contributed by atoms with van der Waals surface area (Å²) in [4.78, 5) is 24.0. The molecule has 0 unspecified atom stereocenters. The zero-order valence-corrected chi connectivity index (χ0v) is 15.3. The number of carboxylic acids is 1. The lowest BCUT2D eigenvalue weighted by atomic mass is 10.2. The monoisotopic (exact) mass is 379 g/mol. The van der Waals surface area contributed by atoms with Gasteiger partial charge >= 0.3 is 5.97 Å². The molecule has 0 aliphatic carbocycles. The van der Waals surface area contributed by atoms with E-state index in [1.807, 2.05) is 60.7 Å². The Morgan fingerprint density at radius 2 is 1.50 bits per heavy atom. The van der Waals surface area contributed by atoms with E-state index < -0.39 is 11.4 Å². The Morgan fingerprint density at radius 1 is 0.893 bits per heavy atom. The van der Waals surface area contributed by atoms with Gasteiger partial charge in [0.1, 0.15) is 6.61 Å². The Hall–Kier alpha value is -3.38. The summed E-state index contributed by atoms with van der Waals surface area (Å²) in [5, 5.41) is 9.62. The molecule has 0 bridgehead atoms. The van der Waals surface area contributed by atoms with Crippen molar-refractivity contribution in [1.29, 1.82) is 0 Å². The standard InChI is InChI=1S/C22H21NO5/c24-19-11-12-23(13-14-27-15-17-7-3-1-4-8-17)20(22(25)26)21(19)28-16-18-9-5-2-6-10-18/h1-12H,13-16H2,(H,25,26). The summed E-state index contributed by atoms with van der Waals surface area (Å²) in [7, 11) is 0. The Bertz CT molecular complexity index is 967. The molecule has 144 valence electrons. The number of hydrogen-bond donors (Lipinski definition) is 1. The molecule has 1 N–H and O–H groups in total. The third-order valence-electron chi connectivity index (χ3n) is 4.15. The molecule has 0 saturated carbocycles. The second kappa shape index (κ2) is 9.53. The molecule has 28 heavy (non-hydrogen) atoms. The lowest BCUT2D eigenvalue weighted by molar-refractivity contribution is 0.0669. The van der Waals surface area contributed by atoms with E-state index in [0.29, 0.717) is 13.2 Å². The molecule has 0 atom stereocenters. The molecule has 6 heteroatoms. The van der Waals surface area contributed by atoms with Crippen LogP contribution in [-0.4, -0.2) is 22.2 Å². The van der Waals surface area contributed by atoms with Gasteiger partial charge in [0.05, 0.1) is 13.2 Å². The lowest BCUT2D eigenvalue weighted by Crippen LogP contribution is -2.22. The highest BCUT2D eigenvalue weighted by atomic mass is 16.5. The molecule has 0 saturated heterocycles. The summed E-state index contributed by atoms with van der Waals surface area (Å²) in [6, 6.07) is 20.3. The van der Waals surface area contributed by atoms with Crippen LogP contribution in [-0.2, 0) is 24.5 Å². The van der Waals surface area contributed by atoms with Crippen LogP contribution in [0.25, 0.3) is 0 Å². The van der Waals surface area contributed by atoms with Crippen LogP contribution in [0.2, 0.25) is 0 Å². The maximum Gasteiger partial charge on any atom is 0.356 e. The van der Waals surface area contributed by atoms with E-state index in [1.54, 1.807) is 0 Å². The number of pyridine rings is 1. The Morgan fingerprint density at radius 3 is 2.11 bits per heavy atom. The van der Waals surface area contributed by atoms with Crippen LogP contribution in [0.1, 0.15) is 21.6 Å². The number of nitrogens with zero attached hydrogens (tertiary/aromatic N) is 1. The first-order valence-corrected chi connectivity index (χ1v) is 8.90. The first-order valence-electron chi connectivity index (χ1n) is 8.90. The number of aromatic nitrogens is 1. The van der Waals surface area contributed by atoms with Gasteiger partial charge in [0.2, 0.25) is 5.43 Å². The minimum atomic E-state index is -1.22. The molecular weight excluding hydrogens is 358 g/mol. The highest BCUT2D eigenvalue weighted by molar-refractivity contribution is 5.88. The summed E-state index contributed by atoms with van der Waals surface area (Å²) < 4.78 is 12.7. The summed E-state index contributed by atoms with van der Waals surface area (Å²) >= 11 is 0. The normalized spacial score (nSPS) is 10.6. The molecule has 0 amide bonds. The first-order chi connectivity index (χ1) is 13.6.